The third-order valence-corrected chi connectivity index (χ3v) is 10.1. The Morgan fingerprint density at radius 1 is 0.822 bits per heavy atom. The van der Waals surface area contributed by atoms with E-state index in [1.807, 2.05) is 30.3 Å². The summed E-state index contributed by atoms with van der Waals surface area (Å²) in [6.07, 6.45) is 2.14. The van der Waals surface area contributed by atoms with Crippen molar-refractivity contribution in [3.05, 3.63) is 136 Å². The molecule has 0 unspecified atom stereocenters. The molecule has 7 nitrogen and oxygen atoms in total. The van der Waals surface area contributed by atoms with Crippen LogP contribution in [0.3, 0.4) is 0 Å². The van der Waals surface area contributed by atoms with Crippen LogP contribution in [0.1, 0.15) is 47.6 Å². The van der Waals surface area contributed by atoms with Gasteiger partial charge in [0.25, 0.3) is 0 Å². The SMILES string of the molecule is O=C(NCc1ccc(Cl)cc1)[C@@H](c1ccccc1)N(Cc1ccc(F)cc1)C(=O)CCc1ccc(S(=O)(=O)N2CCCC2)cc1. The summed E-state index contributed by atoms with van der Waals surface area (Å²) in [5.41, 5.74) is 2.96. The Morgan fingerprint density at radius 2 is 1.42 bits per heavy atom. The minimum absolute atomic E-state index is 0.0766. The average molecular weight is 648 g/mol. The molecule has 5 rings (SSSR count). The number of hydrogen-bond donors (Lipinski definition) is 1. The normalized spacial score (nSPS) is 14.2. The molecule has 1 heterocycles. The van der Waals surface area contributed by atoms with E-state index >= 15 is 0 Å². The quantitative estimate of drug-likeness (QED) is 0.196. The Morgan fingerprint density at radius 3 is 2.07 bits per heavy atom. The molecule has 4 aromatic carbocycles. The number of amides is 2. The zero-order chi connectivity index (χ0) is 31.8. The molecule has 0 saturated carbocycles. The monoisotopic (exact) mass is 647 g/mol. The van der Waals surface area contributed by atoms with Gasteiger partial charge in [0.15, 0.2) is 0 Å². The van der Waals surface area contributed by atoms with Crippen LogP contribution in [0.2, 0.25) is 5.02 Å². The first-order chi connectivity index (χ1) is 21.7. The average Bonchev–Trinajstić information content (AvgIpc) is 3.61. The first-order valence-corrected chi connectivity index (χ1v) is 16.7. The van der Waals surface area contributed by atoms with Crippen LogP contribution >= 0.6 is 11.6 Å². The van der Waals surface area contributed by atoms with E-state index in [9.17, 15) is 22.4 Å². The predicted octanol–water partition coefficient (Wildman–Crippen LogP) is 6.28. The van der Waals surface area contributed by atoms with Crippen LogP contribution in [0.4, 0.5) is 4.39 Å². The zero-order valence-electron chi connectivity index (χ0n) is 24.7. The van der Waals surface area contributed by atoms with E-state index < -0.39 is 21.9 Å². The summed E-state index contributed by atoms with van der Waals surface area (Å²) in [7, 11) is -3.54. The molecule has 2 amide bonds. The Hall–Kier alpha value is -4.05. The van der Waals surface area contributed by atoms with Crippen LogP contribution < -0.4 is 5.32 Å². The summed E-state index contributed by atoms with van der Waals surface area (Å²) >= 11 is 6.01. The van der Waals surface area contributed by atoms with Crippen LogP contribution in [-0.2, 0) is 39.1 Å². The summed E-state index contributed by atoms with van der Waals surface area (Å²) < 4.78 is 41.1. The maximum Gasteiger partial charge on any atom is 0.247 e. The molecule has 1 aliphatic rings. The smallest absolute Gasteiger partial charge is 0.247 e. The molecule has 1 fully saturated rings. The minimum Gasteiger partial charge on any atom is -0.350 e. The van der Waals surface area contributed by atoms with Crippen molar-refractivity contribution < 1.29 is 22.4 Å². The molecule has 1 N–H and O–H groups in total. The van der Waals surface area contributed by atoms with Gasteiger partial charge in [-0.05, 0) is 77.9 Å². The van der Waals surface area contributed by atoms with Crippen molar-refractivity contribution in [1.82, 2.24) is 14.5 Å². The van der Waals surface area contributed by atoms with Crippen molar-refractivity contribution in [3.63, 3.8) is 0 Å². The molecule has 1 aliphatic heterocycles. The van der Waals surface area contributed by atoms with Crippen LogP contribution in [0.15, 0.2) is 108 Å². The number of carbonyl (C=O) groups excluding carboxylic acids is 2. The molecule has 0 spiro atoms. The lowest BCUT2D eigenvalue weighted by Crippen LogP contribution is -2.43. The molecule has 0 aliphatic carbocycles. The van der Waals surface area contributed by atoms with E-state index in [1.54, 1.807) is 60.7 Å². The molecule has 4 aromatic rings. The van der Waals surface area contributed by atoms with Crippen molar-refractivity contribution in [2.75, 3.05) is 13.1 Å². The van der Waals surface area contributed by atoms with Crippen molar-refractivity contribution in [3.8, 4) is 0 Å². The highest BCUT2D eigenvalue weighted by Crippen LogP contribution is 2.26. The van der Waals surface area contributed by atoms with E-state index in [-0.39, 0.29) is 36.2 Å². The number of halogens is 2. The third-order valence-electron chi connectivity index (χ3n) is 7.90. The first-order valence-electron chi connectivity index (χ1n) is 14.9. The van der Waals surface area contributed by atoms with Crippen LogP contribution in [0, 0.1) is 5.82 Å². The molecule has 1 atom stereocenters. The number of carbonyl (C=O) groups is 2. The minimum atomic E-state index is -3.54. The van der Waals surface area contributed by atoms with Gasteiger partial charge >= 0.3 is 0 Å². The summed E-state index contributed by atoms with van der Waals surface area (Å²) in [4.78, 5) is 29.6. The van der Waals surface area contributed by atoms with Crippen LogP contribution in [0.25, 0.3) is 0 Å². The summed E-state index contributed by atoms with van der Waals surface area (Å²) in [5, 5.41) is 3.56. The summed E-state index contributed by atoms with van der Waals surface area (Å²) in [6.45, 7) is 1.38. The van der Waals surface area contributed by atoms with Gasteiger partial charge in [0.2, 0.25) is 21.8 Å². The molecule has 0 bridgehead atoms. The van der Waals surface area contributed by atoms with Gasteiger partial charge in [-0.3, -0.25) is 9.59 Å². The van der Waals surface area contributed by atoms with Crippen molar-refractivity contribution in [1.29, 1.82) is 0 Å². The Kier molecular flexibility index (Phi) is 10.7. The second-order valence-electron chi connectivity index (χ2n) is 11.1. The van der Waals surface area contributed by atoms with E-state index in [0.717, 1.165) is 24.0 Å². The Labute approximate surface area is 268 Å². The fourth-order valence-corrected chi connectivity index (χ4v) is 7.05. The number of hydrogen-bond acceptors (Lipinski definition) is 4. The predicted molar refractivity (Wildman–Crippen MR) is 172 cm³/mol. The highest BCUT2D eigenvalue weighted by atomic mass is 35.5. The zero-order valence-corrected chi connectivity index (χ0v) is 26.3. The largest absolute Gasteiger partial charge is 0.350 e. The van der Waals surface area contributed by atoms with Crippen molar-refractivity contribution in [2.45, 2.75) is 49.7 Å². The van der Waals surface area contributed by atoms with Crippen molar-refractivity contribution in [2.24, 2.45) is 0 Å². The highest BCUT2D eigenvalue weighted by Gasteiger charge is 2.32. The molecule has 10 heteroatoms. The number of rotatable bonds is 12. The summed E-state index contributed by atoms with van der Waals surface area (Å²) in [6, 6.07) is 27.7. The third kappa shape index (κ3) is 8.36. The highest BCUT2D eigenvalue weighted by molar-refractivity contribution is 7.89. The maximum atomic E-state index is 14.0. The lowest BCUT2D eigenvalue weighted by Gasteiger charge is -2.32. The Balaban J connectivity index is 1.37. The molecule has 0 radical (unpaired) electrons. The fraction of sp³-hybridized carbons (Fsp3) is 0.257. The fourth-order valence-electron chi connectivity index (χ4n) is 5.41. The molecular weight excluding hydrogens is 613 g/mol. The lowest BCUT2D eigenvalue weighted by molar-refractivity contribution is -0.141. The number of nitrogens with one attached hydrogen (secondary N) is 1. The number of benzene rings is 4. The van der Waals surface area contributed by atoms with Gasteiger partial charge in [-0.25, -0.2) is 12.8 Å². The van der Waals surface area contributed by atoms with E-state index in [4.69, 9.17) is 11.6 Å². The van der Waals surface area contributed by atoms with Crippen molar-refractivity contribution >= 4 is 33.4 Å². The molecule has 0 aromatic heterocycles. The maximum absolute atomic E-state index is 14.0. The van der Waals surface area contributed by atoms with Crippen LogP contribution in [-0.4, -0.2) is 42.5 Å². The van der Waals surface area contributed by atoms with Crippen LogP contribution in [0.5, 0.6) is 0 Å². The second kappa shape index (κ2) is 14.8. The van der Waals surface area contributed by atoms with Gasteiger partial charge in [-0.1, -0.05) is 78.3 Å². The topological polar surface area (TPSA) is 86.8 Å². The molecule has 45 heavy (non-hydrogen) atoms. The molecular formula is C35H35ClFN3O4S. The number of aryl methyl sites for hydroxylation is 1. The van der Waals surface area contributed by atoms with E-state index in [2.05, 4.69) is 5.32 Å². The standard InChI is InChI=1S/C35H35ClFN3O4S/c36-30-15-8-27(9-16-30)24-38-35(42)34(29-6-2-1-3-7-29)40(25-28-10-17-31(37)18-11-28)33(41)21-14-26-12-19-32(20-13-26)45(43,44)39-22-4-5-23-39/h1-3,6-13,15-20,34H,4-5,14,21-25H2,(H,38,42)/t34-/m1/s1. The number of nitrogens with zero attached hydrogens (tertiary/aromatic N) is 2. The second-order valence-corrected chi connectivity index (χ2v) is 13.4. The first kappa shape index (κ1) is 32.3. The van der Waals surface area contributed by atoms with Gasteiger partial charge in [-0.2, -0.15) is 4.31 Å². The van der Waals surface area contributed by atoms with E-state index in [1.165, 1.54) is 21.3 Å². The van der Waals surface area contributed by atoms with Gasteiger partial charge in [0.05, 0.1) is 4.90 Å². The Bertz CT molecular complexity index is 1700. The van der Waals surface area contributed by atoms with Gasteiger partial charge < -0.3 is 10.2 Å². The molecule has 1 saturated heterocycles. The van der Waals surface area contributed by atoms with E-state index in [0.29, 0.717) is 35.7 Å². The van der Waals surface area contributed by atoms with Gasteiger partial charge in [-0.15, -0.1) is 0 Å². The van der Waals surface area contributed by atoms with Gasteiger partial charge in [0.1, 0.15) is 11.9 Å². The summed E-state index contributed by atoms with van der Waals surface area (Å²) in [5.74, 6) is -1.03. The van der Waals surface area contributed by atoms with Gasteiger partial charge in [0, 0.05) is 37.6 Å². The molecule has 234 valence electrons. The lowest BCUT2D eigenvalue weighted by atomic mass is 10.0. The number of sulfonamides is 1.